The second-order valence-corrected chi connectivity index (χ2v) is 3.25. The first kappa shape index (κ1) is 8.32. The largest absolute Gasteiger partial charge is 0.472 e. The summed E-state index contributed by atoms with van der Waals surface area (Å²) in [6.45, 7) is 1.86. The third-order valence-electron chi connectivity index (χ3n) is 2.06. The number of rotatable bonds is 1. The molecule has 0 N–H and O–H groups in total. The summed E-state index contributed by atoms with van der Waals surface area (Å²) in [5, 5.41) is -0.436. The van der Waals surface area contributed by atoms with Crippen molar-refractivity contribution in [1.29, 1.82) is 0 Å². The predicted molar refractivity (Wildman–Crippen MR) is 50.3 cm³/mol. The molecule has 0 spiro atoms. The number of hydrogen-bond donors (Lipinski definition) is 0. The fourth-order valence-corrected chi connectivity index (χ4v) is 1.74. The first-order valence-electron chi connectivity index (χ1n) is 3.85. The van der Waals surface area contributed by atoms with E-state index in [0.29, 0.717) is 5.56 Å². The third-order valence-corrected chi connectivity index (χ3v) is 2.24. The van der Waals surface area contributed by atoms with Crippen LogP contribution >= 0.6 is 11.6 Å². The van der Waals surface area contributed by atoms with Crippen LogP contribution in [0.15, 0.2) is 29.1 Å². The Balaban J connectivity index is 2.76. The van der Waals surface area contributed by atoms with Crippen LogP contribution in [-0.4, -0.2) is 5.24 Å². The standard InChI is InChI=1S/C10H7ClO2/c1-6-4-7-2-3-13-5-8(7)9(6)10(11)12/h2-5H,1H3. The van der Waals surface area contributed by atoms with Crippen molar-refractivity contribution >= 4 is 16.8 Å². The second-order valence-electron chi connectivity index (χ2n) is 2.90. The molecule has 1 aliphatic heterocycles. The first-order chi connectivity index (χ1) is 6.20. The van der Waals surface area contributed by atoms with Crippen LogP contribution in [0.3, 0.4) is 0 Å². The van der Waals surface area contributed by atoms with E-state index in [9.17, 15) is 4.79 Å². The van der Waals surface area contributed by atoms with Crippen LogP contribution in [0.5, 0.6) is 0 Å². The molecule has 2 nitrogen and oxygen atoms in total. The van der Waals surface area contributed by atoms with Crippen molar-refractivity contribution in [2.75, 3.05) is 0 Å². The van der Waals surface area contributed by atoms with Gasteiger partial charge in [-0.2, -0.15) is 0 Å². The van der Waals surface area contributed by atoms with Crippen molar-refractivity contribution in [1.82, 2.24) is 0 Å². The maximum absolute atomic E-state index is 11.1. The lowest BCUT2D eigenvalue weighted by Gasteiger charge is -1.97. The molecule has 0 saturated heterocycles. The van der Waals surface area contributed by atoms with Crippen molar-refractivity contribution in [3.8, 4) is 11.1 Å². The number of halogens is 1. The van der Waals surface area contributed by atoms with Gasteiger partial charge in [-0.05, 0) is 35.7 Å². The van der Waals surface area contributed by atoms with Gasteiger partial charge in [-0.1, -0.05) is 6.07 Å². The van der Waals surface area contributed by atoms with Crippen LogP contribution in [0.4, 0.5) is 0 Å². The average molecular weight is 195 g/mol. The van der Waals surface area contributed by atoms with E-state index in [4.69, 9.17) is 16.0 Å². The molecule has 3 heteroatoms. The molecule has 2 rings (SSSR count). The molecule has 0 unspecified atom stereocenters. The quantitative estimate of drug-likeness (QED) is 0.653. The van der Waals surface area contributed by atoms with Crippen LogP contribution in [0.1, 0.15) is 15.9 Å². The Kier molecular flexibility index (Phi) is 1.85. The molecular weight excluding hydrogens is 188 g/mol. The second kappa shape index (κ2) is 2.89. The van der Waals surface area contributed by atoms with Crippen molar-refractivity contribution in [3.63, 3.8) is 0 Å². The Bertz CT molecular complexity index is 431. The number of fused-ring (bicyclic) bond motifs is 1. The molecule has 0 aromatic heterocycles. The van der Waals surface area contributed by atoms with E-state index in [1.165, 1.54) is 6.26 Å². The highest BCUT2D eigenvalue weighted by atomic mass is 35.5. The van der Waals surface area contributed by atoms with Crippen molar-refractivity contribution < 1.29 is 9.21 Å². The normalized spacial score (nSPS) is 10.6. The molecule has 0 bridgehead atoms. The van der Waals surface area contributed by atoms with Crippen LogP contribution in [0.2, 0.25) is 0 Å². The molecule has 66 valence electrons. The summed E-state index contributed by atoms with van der Waals surface area (Å²) in [5.74, 6) is 0. The third kappa shape index (κ3) is 1.23. The lowest BCUT2D eigenvalue weighted by molar-refractivity contribution is 0.108. The predicted octanol–water partition coefficient (Wildman–Crippen LogP) is 3.07. The van der Waals surface area contributed by atoms with Gasteiger partial charge in [-0.15, -0.1) is 0 Å². The molecule has 0 aromatic carbocycles. The minimum atomic E-state index is -0.436. The minimum Gasteiger partial charge on any atom is -0.472 e. The van der Waals surface area contributed by atoms with Gasteiger partial charge < -0.3 is 4.42 Å². The number of carbonyl (C=O) groups is 1. The zero-order chi connectivity index (χ0) is 9.42. The summed E-state index contributed by atoms with van der Waals surface area (Å²) >= 11 is 5.45. The van der Waals surface area contributed by atoms with Gasteiger partial charge in [0.2, 0.25) is 0 Å². The van der Waals surface area contributed by atoms with E-state index in [-0.39, 0.29) is 0 Å². The lowest BCUT2D eigenvalue weighted by Crippen LogP contribution is -1.90. The zero-order valence-electron chi connectivity index (χ0n) is 7.00. The van der Waals surface area contributed by atoms with Crippen molar-refractivity contribution in [2.45, 2.75) is 6.92 Å². The molecule has 0 atom stereocenters. The van der Waals surface area contributed by atoms with E-state index in [1.807, 2.05) is 19.1 Å². The number of aryl methyl sites for hydroxylation is 1. The average Bonchev–Trinajstić information content (AvgIpc) is 2.39. The maximum Gasteiger partial charge on any atom is 0.253 e. The van der Waals surface area contributed by atoms with E-state index in [0.717, 1.165) is 16.7 Å². The maximum atomic E-state index is 11.1. The summed E-state index contributed by atoms with van der Waals surface area (Å²) in [4.78, 5) is 11.1. The molecule has 1 heterocycles. The van der Waals surface area contributed by atoms with Crippen molar-refractivity contribution in [3.05, 3.63) is 35.8 Å². The highest BCUT2D eigenvalue weighted by Gasteiger charge is 2.17. The Morgan fingerprint density at radius 1 is 1.54 bits per heavy atom. The smallest absolute Gasteiger partial charge is 0.253 e. The molecule has 13 heavy (non-hydrogen) atoms. The topological polar surface area (TPSA) is 30.2 Å². The van der Waals surface area contributed by atoms with Crippen LogP contribution in [0, 0.1) is 6.92 Å². The zero-order valence-corrected chi connectivity index (χ0v) is 7.76. The van der Waals surface area contributed by atoms with Gasteiger partial charge in [0.1, 0.15) is 0 Å². The molecular formula is C10H7ClO2. The van der Waals surface area contributed by atoms with Gasteiger partial charge in [0.25, 0.3) is 5.24 Å². The van der Waals surface area contributed by atoms with E-state index < -0.39 is 5.24 Å². The summed E-state index contributed by atoms with van der Waals surface area (Å²) < 4.78 is 4.98. The lowest BCUT2D eigenvalue weighted by atomic mass is 10.1. The van der Waals surface area contributed by atoms with Gasteiger partial charge in [0.05, 0.1) is 12.5 Å². The summed E-state index contributed by atoms with van der Waals surface area (Å²) in [7, 11) is 0. The van der Waals surface area contributed by atoms with Gasteiger partial charge in [-0.3, -0.25) is 4.79 Å². The fraction of sp³-hybridized carbons (Fsp3) is 0.100. The molecule has 0 aromatic rings. The monoisotopic (exact) mass is 194 g/mol. The summed E-state index contributed by atoms with van der Waals surface area (Å²) in [5.41, 5.74) is 3.19. The molecule has 0 radical (unpaired) electrons. The molecule has 0 amide bonds. The molecule has 1 aliphatic carbocycles. The molecule has 0 fully saturated rings. The highest BCUT2D eigenvalue weighted by Crippen LogP contribution is 2.32. The van der Waals surface area contributed by atoms with Gasteiger partial charge in [-0.25, -0.2) is 0 Å². The van der Waals surface area contributed by atoms with Crippen LogP contribution < -0.4 is 0 Å². The number of hydrogen-bond acceptors (Lipinski definition) is 2. The minimum absolute atomic E-state index is 0.436. The Morgan fingerprint density at radius 3 is 3.00 bits per heavy atom. The van der Waals surface area contributed by atoms with E-state index >= 15 is 0 Å². The SMILES string of the molecule is Cc1cc2ccocc-2c1C(=O)Cl. The molecule has 0 saturated carbocycles. The van der Waals surface area contributed by atoms with E-state index in [1.54, 1.807) is 6.26 Å². The summed E-state index contributed by atoms with van der Waals surface area (Å²) in [6.07, 6.45) is 3.11. The van der Waals surface area contributed by atoms with Crippen LogP contribution in [-0.2, 0) is 0 Å². The fourth-order valence-electron chi connectivity index (χ4n) is 1.49. The van der Waals surface area contributed by atoms with Crippen LogP contribution in [0.25, 0.3) is 11.1 Å². The van der Waals surface area contributed by atoms with Crippen molar-refractivity contribution in [2.24, 2.45) is 0 Å². The Hall–Kier alpha value is -1.28. The Labute approximate surface area is 80.5 Å². The van der Waals surface area contributed by atoms with Gasteiger partial charge in [0.15, 0.2) is 0 Å². The van der Waals surface area contributed by atoms with Gasteiger partial charge in [0, 0.05) is 11.1 Å². The van der Waals surface area contributed by atoms with Gasteiger partial charge >= 0.3 is 0 Å². The van der Waals surface area contributed by atoms with E-state index in [2.05, 4.69) is 0 Å². The first-order valence-corrected chi connectivity index (χ1v) is 4.23. The number of carbonyl (C=O) groups excluding carboxylic acids is 1. The summed E-state index contributed by atoms with van der Waals surface area (Å²) in [6, 6.07) is 3.73. The molecule has 2 aliphatic rings. The Morgan fingerprint density at radius 2 is 2.31 bits per heavy atom. The highest BCUT2D eigenvalue weighted by molar-refractivity contribution is 6.68.